The van der Waals surface area contributed by atoms with Gasteiger partial charge < -0.3 is 14.2 Å². The van der Waals surface area contributed by atoms with E-state index in [2.05, 4.69) is 12.6 Å². The number of hydrogen-bond donors (Lipinski definition) is 1. The van der Waals surface area contributed by atoms with Crippen LogP contribution in [0.3, 0.4) is 0 Å². The maximum Gasteiger partial charge on any atom is 0.314 e. The summed E-state index contributed by atoms with van der Waals surface area (Å²) in [6, 6.07) is 4.59. The van der Waals surface area contributed by atoms with Gasteiger partial charge in [-0.1, -0.05) is 0 Å². The molecule has 1 aromatic carbocycles. The fourth-order valence-corrected chi connectivity index (χ4v) is 2.68. The van der Waals surface area contributed by atoms with Crippen molar-refractivity contribution >= 4 is 18.3 Å². The van der Waals surface area contributed by atoms with E-state index in [-0.39, 0.29) is 16.9 Å². The Balaban J connectivity index is 2.13. The van der Waals surface area contributed by atoms with Gasteiger partial charge in [-0.25, -0.2) is 0 Å². The highest BCUT2D eigenvalue weighted by Crippen LogP contribution is 2.36. The molecule has 0 aliphatic carbocycles. The summed E-state index contributed by atoms with van der Waals surface area (Å²) >= 11 is 4.40. The zero-order valence-corrected chi connectivity index (χ0v) is 12.8. The quantitative estimate of drug-likeness (QED) is 0.497. The van der Waals surface area contributed by atoms with Crippen LogP contribution >= 0.6 is 12.6 Å². The van der Waals surface area contributed by atoms with Gasteiger partial charge in [0, 0.05) is 18.6 Å². The van der Waals surface area contributed by atoms with Crippen molar-refractivity contribution < 1.29 is 19.1 Å². The van der Waals surface area contributed by atoms with E-state index in [9.17, 15) is 10.1 Å². The van der Waals surface area contributed by atoms with Crippen LogP contribution in [-0.4, -0.2) is 37.6 Å². The monoisotopic (exact) mass is 313 g/mol. The molecule has 0 spiro atoms. The van der Waals surface area contributed by atoms with Gasteiger partial charge in [-0.2, -0.15) is 12.6 Å². The molecule has 116 valence electrons. The topological polar surface area (TPSA) is 70.8 Å². The molecule has 0 N–H and O–H groups in total. The molecule has 0 aromatic heterocycles. The first-order chi connectivity index (χ1) is 10.1. The summed E-state index contributed by atoms with van der Waals surface area (Å²) in [4.78, 5) is 10.7. The number of thiol groups is 1. The Labute approximate surface area is 128 Å². The van der Waals surface area contributed by atoms with E-state index in [1.54, 1.807) is 12.1 Å². The normalized spacial score (nSPS) is 17.2. The van der Waals surface area contributed by atoms with Crippen LogP contribution in [0.2, 0.25) is 0 Å². The fourth-order valence-electron chi connectivity index (χ4n) is 2.27. The molecule has 1 aromatic rings. The molecule has 7 heteroatoms. The van der Waals surface area contributed by atoms with Crippen molar-refractivity contribution in [2.75, 3.05) is 32.7 Å². The van der Waals surface area contributed by atoms with Crippen molar-refractivity contribution in [1.82, 2.24) is 0 Å². The molecule has 0 amide bonds. The lowest BCUT2D eigenvalue weighted by Gasteiger charge is -2.35. The van der Waals surface area contributed by atoms with Crippen molar-refractivity contribution in [3.05, 3.63) is 28.3 Å². The van der Waals surface area contributed by atoms with Crippen LogP contribution in [0.5, 0.6) is 11.5 Å². The zero-order valence-electron chi connectivity index (χ0n) is 11.9. The van der Waals surface area contributed by atoms with Crippen LogP contribution in [-0.2, 0) is 4.74 Å². The molecule has 1 saturated heterocycles. The number of ether oxygens (including phenoxy) is 3. The van der Waals surface area contributed by atoms with Gasteiger partial charge in [-0.15, -0.1) is 0 Å². The maximum atomic E-state index is 11.1. The average molecular weight is 313 g/mol. The third-order valence-electron chi connectivity index (χ3n) is 3.79. The third-order valence-corrected chi connectivity index (χ3v) is 4.46. The number of nitro groups is 1. The van der Waals surface area contributed by atoms with Crippen molar-refractivity contribution in [2.45, 2.75) is 12.8 Å². The summed E-state index contributed by atoms with van der Waals surface area (Å²) < 4.78 is 16.1. The van der Waals surface area contributed by atoms with E-state index >= 15 is 0 Å². The minimum absolute atomic E-state index is 0.0873. The number of nitrogens with zero attached hydrogens (tertiary/aromatic N) is 1. The predicted molar refractivity (Wildman–Crippen MR) is 81.5 cm³/mol. The SMILES string of the molecule is COc1ccc(OCC2(CS)CCOCC2)c([N+](=O)[O-])c1. The lowest BCUT2D eigenvalue weighted by atomic mass is 9.83. The van der Waals surface area contributed by atoms with Crippen LogP contribution in [0.25, 0.3) is 0 Å². The first-order valence-corrected chi connectivity index (χ1v) is 7.37. The highest BCUT2D eigenvalue weighted by atomic mass is 32.1. The number of hydrogen-bond acceptors (Lipinski definition) is 6. The fraction of sp³-hybridized carbons (Fsp3) is 0.571. The zero-order chi connectivity index (χ0) is 15.3. The minimum Gasteiger partial charge on any atom is -0.496 e. The lowest BCUT2D eigenvalue weighted by Crippen LogP contribution is -2.37. The van der Waals surface area contributed by atoms with Crippen LogP contribution in [0.4, 0.5) is 5.69 Å². The van der Waals surface area contributed by atoms with E-state index in [0.29, 0.717) is 31.3 Å². The van der Waals surface area contributed by atoms with Crippen molar-refractivity contribution in [3.8, 4) is 11.5 Å². The molecule has 2 rings (SSSR count). The molecule has 21 heavy (non-hydrogen) atoms. The molecule has 6 nitrogen and oxygen atoms in total. The molecule has 1 aliphatic heterocycles. The summed E-state index contributed by atoms with van der Waals surface area (Å²) in [5, 5.41) is 11.1. The van der Waals surface area contributed by atoms with E-state index in [0.717, 1.165) is 12.8 Å². The maximum absolute atomic E-state index is 11.1. The molecular formula is C14H19NO5S. The molecule has 1 heterocycles. The second-order valence-corrected chi connectivity index (χ2v) is 5.47. The summed E-state index contributed by atoms with van der Waals surface area (Å²) in [5.41, 5.74) is -0.175. The first kappa shape index (κ1) is 15.9. The Bertz CT molecular complexity index is 502. The summed E-state index contributed by atoms with van der Waals surface area (Å²) in [6.07, 6.45) is 1.70. The summed E-state index contributed by atoms with van der Waals surface area (Å²) in [5.74, 6) is 1.36. The van der Waals surface area contributed by atoms with Gasteiger partial charge in [0.1, 0.15) is 5.75 Å². The van der Waals surface area contributed by atoms with Crippen LogP contribution < -0.4 is 9.47 Å². The lowest BCUT2D eigenvalue weighted by molar-refractivity contribution is -0.386. The standard InChI is InChI=1S/C14H19NO5S/c1-18-11-2-3-13(12(8-11)15(16)17)20-9-14(10-21)4-6-19-7-5-14/h2-3,8,21H,4-7,9-10H2,1H3. The van der Waals surface area contributed by atoms with Crippen molar-refractivity contribution in [1.29, 1.82) is 0 Å². The third kappa shape index (κ3) is 3.79. The van der Waals surface area contributed by atoms with Gasteiger partial charge in [-0.05, 0) is 30.7 Å². The van der Waals surface area contributed by atoms with Gasteiger partial charge in [0.2, 0.25) is 0 Å². The molecule has 0 unspecified atom stereocenters. The molecular weight excluding hydrogens is 294 g/mol. The van der Waals surface area contributed by atoms with Crippen LogP contribution in [0.1, 0.15) is 12.8 Å². The highest BCUT2D eigenvalue weighted by Gasteiger charge is 2.33. The van der Waals surface area contributed by atoms with E-state index in [4.69, 9.17) is 14.2 Å². The summed E-state index contributed by atoms with van der Waals surface area (Å²) in [6.45, 7) is 1.75. The van der Waals surface area contributed by atoms with Gasteiger partial charge in [0.25, 0.3) is 0 Å². The molecule has 0 saturated carbocycles. The summed E-state index contributed by atoms with van der Waals surface area (Å²) in [7, 11) is 1.47. The Morgan fingerprint density at radius 1 is 1.43 bits per heavy atom. The molecule has 1 aliphatic rings. The second-order valence-electron chi connectivity index (χ2n) is 5.15. The first-order valence-electron chi connectivity index (χ1n) is 6.74. The largest absolute Gasteiger partial charge is 0.496 e. The Kier molecular flexibility index (Phi) is 5.30. The predicted octanol–water partition coefficient (Wildman–Crippen LogP) is 2.71. The van der Waals surface area contributed by atoms with Gasteiger partial charge >= 0.3 is 5.69 Å². The smallest absolute Gasteiger partial charge is 0.314 e. The van der Waals surface area contributed by atoms with E-state index in [1.807, 2.05) is 0 Å². The molecule has 1 fully saturated rings. The molecule has 0 radical (unpaired) electrons. The van der Waals surface area contributed by atoms with Gasteiger partial charge in [0.05, 0.1) is 24.7 Å². The minimum atomic E-state index is -0.463. The Morgan fingerprint density at radius 2 is 2.14 bits per heavy atom. The van der Waals surface area contributed by atoms with E-state index in [1.165, 1.54) is 13.2 Å². The second kappa shape index (κ2) is 7.00. The van der Waals surface area contributed by atoms with Crippen LogP contribution in [0.15, 0.2) is 18.2 Å². The highest BCUT2D eigenvalue weighted by molar-refractivity contribution is 7.80. The molecule has 0 atom stereocenters. The van der Waals surface area contributed by atoms with E-state index < -0.39 is 4.92 Å². The number of nitro benzene ring substituents is 1. The van der Waals surface area contributed by atoms with Crippen LogP contribution in [0, 0.1) is 15.5 Å². The average Bonchev–Trinajstić information content (AvgIpc) is 2.53. The Hall–Kier alpha value is -1.47. The van der Waals surface area contributed by atoms with Crippen molar-refractivity contribution in [3.63, 3.8) is 0 Å². The van der Waals surface area contributed by atoms with Gasteiger partial charge in [-0.3, -0.25) is 10.1 Å². The number of methoxy groups -OCH3 is 1. The van der Waals surface area contributed by atoms with Crippen molar-refractivity contribution in [2.24, 2.45) is 5.41 Å². The Morgan fingerprint density at radius 3 is 2.71 bits per heavy atom. The number of benzene rings is 1. The van der Waals surface area contributed by atoms with Gasteiger partial charge in [0.15, 0.2) is 5.75 Å². The molecule has 0 bridgehead atoms. The number of rotatable bonds is 6.